The van der Waals surface area contributed by atoms with Gasteiger partial charge in [-0.3, -0.25) is 19.2 Å². The van der Waals surface area contributed by atoms with Gasteiger partial charge in [-0.2, -0.15) is 11.8 Å². The Morgan fingerprint density at radius 2 is 1.41 bits per heavy atom. The molecule has 0 rings (SSSR count). The molecular formula is C15H27N5O8S. The van der Waals surface area contributed by atoms with E-state index in [1.807, 2.05) is 0 Å². The predicted molar refractivity (Wildman–Crippen MR) is 102 cm³/mol. The minimum Gasteiger partial charge on any atom is -0.480 e. The first-order chi connectivity index (χ1) is 13.6. The van der Waals surface area contributed by atoms with Crippen molar-refractivity contribution in [3.8, 4) is 0 Å². The third-order valence-corrected chi connectivity index (χ3v) is 4.26. The SMILES string of the molecule is CSCCC(NC(=O)C(CC(N)=O)NC(=O)C(CO)NC(=O)C(N)CO)C(=O)O. The second kappa shape index (κ2) is 13.7. The summed E-state index contributed by atoms with van der Waals surface area (Å²) < 4.78 is 0. The monoisotopic (exact) mass is 437 g/mol. The maximum Gasteiger partial charge on any atom is 0.326 e. The summed E-state index contributed by atoms with van der Waals surface area (Å²) in [6.07, 6.45) is 1.21. The quantitative estimate of drug-likeness (QED) is 0.130. The molecule has 0 aromatic carbocycles. The van der Waals surface area contributed by atoms with Crippen LogP contribution < -0.4 is 27.4 Å². The van der Waals surface area contributed by atoms with Gasteiger partial charge < -0.3 is 42.7 Å². The highest BCUT2D eigenvalue weighted by Crippen LogP contribution is 2.03. The van der Waals surface area contributed by atoms with E-state index in [9.17, 15) is 34.2 Å². The Kier molecular flexibility index (Phi) is 12.6. The summed E-state index contributed by atoms with van der Waals surface area (Å²) in [7, 11) is 0. The molecule has 4 amide bonds. The molecule has 10 N–H and O–H groups in total. The van der Waals surface area contributed by atoms with Gasteiger partial charge in [0.05, 0.1) is 19.6 Å². The van der Waals surface area contributed by atoms with Crippen LogP contribution in [0.25, 0.3) is 0 Å². The van der Waals surface area contributed by atoms with Gasteiger partial charge in [-0.1, -0.05) is 0 Å². The van der Waals surface area contributed by atoms with E-state index in [4.69, 9.17) is 16.6 Å². The van der Waals surface area contributed by atoms with E-state index in [2.05, 4.69) is 16.0 Å². The molecule has 0 heterocycles. The number of carbonyl (C=O) groups is 5. The van der Waals surface area contributed by atoms with E-state index in [0.717, 1.165) is 0 Å². The van der Waals surface area contributed by atoms with Crippen molar-refractivity contribution in [1.29, 1.82) is 0 Å². The van der Waals surface area contributed by atoms with Crippen LogP contribution in [-0.4, -0.2) is 94.3 Å². The molecule has 0 aromatic rings. The zero-order chi connectivity index (χ0) is 22.6. The molecule has 0 aliphatic rings. The molecule has 0 aliphatic carbocycles. The number of primary amides is 1. The van der Waals surface area contributed by atoms with Crippen molar-refractivity contribution in [1.82, 2.24) is 16.0 Å². The lowest BCUT2D eigenvalue weighted by Crippen LogP contribution is -2.59. The molecule has 166 valence electrons. The number of hydrogen-bond donors (Lipinski definition) is 8. The summed E-state index contributed by atoms with van der Waals surface area (Å²) in [6.45, 7) is -1.57. The number of hydrogen-bond acceptors (Lipinski definition) is 9. The summed E-state index contributed by atoms with van der Waals surface area (Å²) >= 11 is 1.37. The summed E-state index contributed by atoms with van der Waals surface area (Å²) in [4.78, 5) is 58.8. The Morgan fingerprint density at radius 3 is 1.86 bits per heavy atom. The maximum atomic E-state index is 12.4. The Labute approximate surface area is 170 Å². The molecule has 0 fully saturated rings. The number of carbonyl (C=O) groups excluding carboxylic acids is 4. The number of rotatable bonds is 14. The molecule has 0 spiro atoms. The Morgan fingerprint density at radius 1 is 0.897 bits per heavy atom. The molecule has 14 heteroatoms. The first-order valence-corrected chi connectivity index (χ1v) is 9.85. The van der Waals surface area contributed by atoms with Gasteiger partial charge in [-0.05, 0) is 18.4 Å². The average Bonchev–Trinajstić information content (AvgIpc) is 2.66. The van der Waals surface area contributed by atoms with Crippen molar-refractivity contribution in [2.45, 2.75) is 37.0 Å². The van der Waals surface area contributed by atoms with Crippen LogP contribution in [0.15, 0.2) is 0 Å². The molecule has 0 bridgehead atoms. The van der Waals surface area contributed by atoms with Crippen LogP contribution in [0.5, 0.6) is 0 Å². The molecular weight excluding hydrogens is 410 g/mol. The van der Waals surface area contributed by atoms with E-state index in [1.165, 1.54) is 11.8 Å². The second-order valence-electron chi connectivity index (χ2n) is 5.95. The third kappa shape index (κ3) is 10.1. The number of carboxylic acids is 1. The number of aliphatic hydroxyl groups excluding tert-OH is 2. The minimum absolute atomic E-state index is 0.105. The van der Waals surface area contributed by atoms with Gasteiger partial charge in [-0.15, -0.1) is 0 Å². The molecule has 0 radical (unpaired) electrons. The van der Waals surface area contributed by atoms with Gasteiger partial charge in [0.1, 0.15) is 24.2 Å². The number of amides is 4. The molecule has 29 heavy (non-hydrogen) atoms. The standard InChI is InChI=1S/C15H27N5O8S/c1-29-3-2-8(15(27)28)18-13(25)9(4-11(17)23)19-14(26)10(6-22)20-12(24)7(16)5-21/h7-10,21-22H,2-6,16H2,1H3,(H2,17,23)(H,18,25)(H,19,26)(H,20,24)(H,27,28). The van der Waals surface area contributed by atoms with Crippen LogP contribution in [0.1, 0.15) is 12.8 Å². The second-order valence-corrected chi connectivity index (χ2v) is 6.93. The lowest BCUT2D eigenvalue weighted by Gasteiger charge is -2.23. The van der Waals surface area contributed by atoms with Crippen LogP contribution >= 0.6 is 11.8 Å². The third-order valence-electron chi connectivity index (χ3n) is 3.61. The lowest BCUT2D eigenvalue weighted by atomic mass is 10.1. The zero-order valence-corrected chi connectivity index (χ0v) is 16.6. The van der Waals surface area contributed by atoms with E-state index in [-0.39, 0.29) is 6.42 Å². The van der Waals surface area contributed by atoms with Crippen molar-refractivity contribution in [3.63, 3.8) is 0 Å². The Bertz CT molecular complexity index is 605. The van der Waals surface area contributed by atoms with Gasteiger partial charge in [0.2, 0.25) is 23.6 Å². The van der Waals surface area contributed by atoms with E-state index in [1.54, 1.807) is 6.26 Å². The van der Waals surface area contributed by atoms with Crippen molar-refractivity contribution >= 4 is 41.4 Å². The molecule has 0 aliphatic heterocycles. The highest BCUT2D eigenvalue weighted by atomic mass is 32.2. The van der Waals surface area contributed by atoms with Gasteiger partial charge in [0, 0.05) is 0 Å². The smallest absolute Gasteiger partial charge is 0.326 e. The Balaban J connectivity index is 5.22. The maximum absolute atomic E-state index is 12.4. The van der Waals surface area contributed by atoms with Crippen LogP contribution in [0, 0.1) is 0 Å². The zero-order valence-electron chi connectivity index (χ0n) is 15.8. The summed E-state index contributed by atoms with van der Waals surface area (Å²) in [6, 6.07) is -5.66. The van der Waals surface area contributed by atoms with Crippen LogP contribution in [-0.2, 0) is 24.0 Å². The largest absolute Gasteiger partial charge is 0.480 e. The molecule has 4 atom stereocenters. The summed E-state index contributed by atoms with van der Waals surface area (Å²) in [5.41, 5.74) is 10.4. The number of aliphatic carboxylic acids is 1. The number of carboxylic acid groups (broad SMARTS) is 1. The number of nitrogens with two attached hydrogens (primary N) is 2. The van der Waals surface area contributed by atoms with E-state index >= 15 is 0 Å². The Hall–Kier alpha value is -2.42. The normalized spacial score (nSPS) is 14.8. The highest BCUT2D eigenvalue weighted by Gasteiger charge is 2.30. The van der Waals surface area contributed by atoms with Crippen molar-refractivity contribution in [2.24, 2.45) is 11.5 Å². The molecule has 0 saturated carbocycles. The lowest BCUT2D eigenvalue weighted by molar-refractivity contribution is -0.142. The van der Waals surface area contributed by atoms with Crippen LogP contribution in [0.4, 0.5) is 0 Å². The van der Waals surface area contributed by atoms with E-state index in [0.29, 0.717) is 5.75 Å². The number of aliphatic hydroxyl groups is 2. The highest BCUT2D eigenvalue weighted by molar-refractivity contribution is 7.98. The van der Waals surface area contributed by atoms with Gasteiger partial charge >= 0.3 is 5.97 Å². The summed E-state index contributed by atoms with van der Waals surface area (Å²) in [5.74, 6) is -4.75. The number of thioether (sulfide) groups is 1. The number of nitrogens with one attached hydrogen (secondary N) is 3. The average molecular weight is 437 g/mol. The fourth-order valence-electron chi connectivity index (χ4n) is 2.00. The fraction of sp³-hybridized carbons (Fsp3) is 0.667. The first-order valence-electron chi connectivity index (χ1n) is 8.45. The first kappa shape index (κ1) is 26.6. The molecule has 13 nitrogen and oxygen atoms in total. The molecule has 0 saturated heterocycles. The van der Waals surface area contributed by atoms with E-state index < -0.39 is 73.4 Å². The van der Waals surface area contributed by atoms with Crippen LogP contribution in [0.2, 0.25) is 0 Å². The van der Waals surface area contributed by atoms with Gasteiger partial charge in [0.25, 0.3) is 0 Å². The molecule has 4 unspecified atom stereocenters. The summed E-state index contributed by atoms with van der Waals surface area (Å²) in [5, 5.41) is 33.7. The topological polar surface area (TPSA) is 234 Å². The van der Waals surface area contributed by atoms with Gasteiger partial charge in [-0.25, -0.2) is 4.79 Å². The minimum atomic E-state index is -1.53. The fourth-order valence-corrected chi connectivity index (χ4v) is 2.48. The molecule has 0 aromatic heterocycles. The predicted octanol–water partition coefficient (Wildman–Crippen LogP) is -4.53. The van der Waals surface area contributed by atoms with Crippen molar-refractivity contribution in [3.05, 3.63) is 0 Å². The van der Waals surface area contributed by atoms with Crippen molar-refractivity contribution in [2.75, 3.05) is 25.2 Å². The van der Waals surface area contributed by atoms with Crippen molar-refractivity contribution < 1.29 is 39.3 Å². The van der Waals surface area contributed by atoms with Crippen LogP contribution in [0.3, 0.4) is 0 Å². The van der Waals surface area contributed by atoms with Gasteiger partial charge in [0.15, 0.2) is 0 Å².